The van der Waals surface area contributed by atoms with Crippen molar-refractivity contribution in [3.63, 3.8) is 0 Å². The second kappa shape index (κ2) is 7.73. The lowest BCUT2D eigenvalue weighted by Gasteiger charge is -2.08. The standard InChI is InChI=1S/C15H10F3N5O/c16-15(17,18)24-13-8-6-12(7-9-13)21-23-14(10-19)22-20-11-4-2-1-3-5-11/h1-9,21H. The lowest BCUT2D eigenvalue weighted by Crippen LogP contribution is -2.16. The maximum Gasteiger partial charge on any atom is 0.573 e. The number of hydrogen-bond donors (Lipinski definition) is 1. The number of halogens is 3. The Morgan fingerprint density at radius 3 is 2.29 bits per heavy atom. The smallest absolute Gasteiger partial charge is 0.406 e. The zero-order valence-electron chi connectivity index (χ0n) is 12.0. The van der Waals surface area contributed by atoms with Gasteiger partial charge in [0.25, 0.3) is 5.84 Å². The van der Waals surface area contributed by atoms with Crippen LogP contribution in [0.4, 0.5) is 24.5 Å². The number of amidine groups is 1. The van der Waals surface area contributed by atoms with Crippen molar-refractivity contribution in [1.29, 1.82) is 5.26 Å². The van der Waals surface area contributed by atoms with E-state index in [1.54, 1.807) is 30.3 Å². The summed E-state index contributed by atoms with van der Waals surface area (Å²) in [5.41, 5.74) is 3.40. The highest BCUT2D eigenvalue weighted by Crippen LogP contribution is 2.23. The number of rotatable bonds is 4. The fourth-order valence-corrected chi connectivity index (χ4v) is 1.52. The third-order valence-corrected chi connectivity index (χ3v) is 2.50. The van der Waals surface area contributed by atoms with E-state index in [0.717, 1.165) is 12.1 Å². The topological polar surface area (TPSA) is 82.1 Å². The molecule has 0 radical (unpaired) electrons. The molecule has 122 valence electrons. The van der Waals surface area contributed by atoms with Crippen LogP contribution in [0.15, 0.2) is 69.9 Å². The van der Waals surface area contributed by atoms with Crippen molar-refractivity contribution >= 4 is 17.2 Å². The van der Waals surface area contributed by atoms with Gasteiger partial charge in [-0.1, -0.05) is 18.2 Å². The minimum Gasteiger partial charge on any atom is -0.406 e. The molecule has 2 aromatic carbocycles. The van der Waals surface area contributed by atoms with Crippen molar-refractivity contribution < 1.29 is 17.9 Å². The molecule has 0 amide bonds. The number of anilines is 1. The largest absolute Gasteiger partial charge is 0.573 e. The molecule has 0 bridgehead atoms. The molecule has 0 spiro atoms. The van der Waals surface area contributed by atoms with Gasteiger partial charge in [0.1, 0.15) is 11.8 Å². The van der Waals surface area contributed by atoms with Gasteiger partial charge in [-0.25, -0.2) is 0 Å². The van der Waals surface area contributed by atoms with Crippen molar-refractivity contribution in [3.8, 4) is 11.8 Å². The Morgan fingerprint density at radius 1 is 1.04 bits per heavy atom. The van der Waals surface area contributed by atoms with Crippen LogP contribution in [0.25, 0.3) is 0 Å². The molecule has 2 aromatic rings. The predicted molar refractivity (Wildman–Crippen MR) is 80.8 cm³/mol. The van der Waals surface area contributed by atoms with E-state index in [0.29, 0.717) is 11.4 Å². The first-order chi connectivity index (χ1) is 11.5. The quantitative estimate of drug-likeness (QED) is 0.384. The lowest BCUT2D eigenvalue weighted by atomic mass is 10.3. The van der Waals surface area contributed by atoms with Gasteiger partial charge in [0.2, 0.25) is 0 Å². The van der Waals surface area contributed by atoms with Gasteiger partial charge in [-0.15, -0.1) is 28.5 Å². The minimum atomic E-state index is -4.75. The Hall–Kier alpha value is -3.41. The highest BCUT2D eigenvalue weighted by atomic mass is 19.4. The van der Waals surface area contributed by atoms with E-state index in [4.69, 9.17) is 5.26 Å². The average molecular weight is 333 g/mol. The van der Waals surface area contributed by atoms with E-state index < -0.39 is 6.36 Å². The first kappa shape index (κ1) is 17.0. The Labute approximate surface area is 134 Å². The van der Waals surface area contributed by atoms with Crippen molar-refractivity contribution in [2.45, 2.75) is 6.36 Å². The van der Waals surface area contributed by atoms with E-state index in [9.17, 15) is 13.2 Å². The Bertz CT molecular complexity index is 764. The zero-order chi connectivity index (χ0) is 17.4. The van der Waals surface area contributed by atoms with Gasteiger partial charge in [-0.2, -0.15) is 5.26 Å². The van der Waals surface area contributed by atoms with E-state index in [2.05, 4.69) is 25.5 Å². The summed E-state index contributed by atoms with van der Waals surface area (Å²) >= 11 is 0. The molecule has 0 aliphatic heterocycles. The Balaban J connectivity index is 2.00. The number of benzene rings is 2. The number of ether oxygens (including phenoxy) is 1. The van der Waals surface area contributed by atoms with Crippen molar-refractivity contribution in [1.82, 2.24) is 0 Å². The van der Waals surface area contributed by atoms with Crippen molar-refractivity contribution in [3.05, 3.63) is 54.6 Å². The fraction of sp³-hybridized carbons (Fsp3) is 0.0667. The van der Waals surface area contributed by atoms with Gasteiger partial charge < -0.3 is 4.74 Å². The van der Waals surface area contributed by atoms with Crippen LogP contribution in [0.5, 0.6) is 5.75 Å². The summed E-state index contributed by atoms with van der Waals surface area (Å²) in [6, 6.07) is 15.3. The first-order valence-corrected chi connectivity index (χ1v) is 6.53. The SMILES string of the molecule is N#CC(N=Nc1ccccc1)=NNc1ccc(OC(F)(F)F)cc1. The molecule has 0 saturated carbocycles. The Morgan fingerprint density at radius 2 is 1.71 bits per heavy atom. The first-order valence-electron chi connectivity index (χ1n) is 6.53. The number of alkyl halides is 3. The fourth-order valence-electron chi connectivity index (χ4n) is 1.52. The van der Waals surface area contributed by atoms with Crippen LogP contribution >= 0.6 is 0 Å². The molecule has 1 N–H and O–H groups in total. The molecule has 0 aromatic heterocycles. The number of nitrogens with zero attached hydrogens (tertiary/aromatic N) is 4. The molecule has 2 rings (SSSR count). The van der Waals surface area contributed by atoms with E-state index in [1.165, 1.54) is 12.1 Å². The molecule has 0 aliphatic carbocycles. The van der Waals surface area contributed by atoms with Gasteiger partial charge in [-0.05, 0) is 36.4 Å². The van der Waals surface area contributed by atoms with Crippen LogP contribution in [0.3, 0.4) is 0 Å². The van der Waals surface area contributed by atoms with E-state index in [-0.39, 0.29) is 11.6 Å². The molecule has 0 unspecified atom stereocenters. The molecular weight excluding hydrogens is 323 g/mol. The lowest BCUT2D eigenvalue weighted by molar-refractivity contribution is -0.274. The molecule has 0 fully saturated rings. The van der Waals surface area contributed by atoms with Gasteiger partial charge in [-0.3, -0.25) is 5.43 Å². The predicted octanol–water partition coefficient (Wildman–Crippen LogP) is 4.62. The van der Waals surface area contributed by atoms with Gasteiger partial charge in [0.05, 0.1) is 11.4 Å². The summed E-state index contributed by atoms with van der Waals surface area (Å²) in [7, 11) is 0. The van der Waals surface area contributed by atoms with Crippen LogP contribution < -0.4 is 10.2 Å². The van der Waals surface area contributed by atoms with Crippen LogP contribution in [0.2, 0.25) is 0 Å². The molecule has 0 aliphatic rings. The monoisotopic (exact) mass is 333 g/mol. The molecule has 6 nitrogen and oxygen atoms in total. The zero-order valence-corrected chi connectivity index (χ0v) is 12.0. The highest BCUT2D eigenvalue weighted by Gasteiger charge is 2.30. The normalized spacial score (nSPS) is 12.0. The third kappa shape index (κ3) is 5.76. The Kier molecular flexibility index (Phi) is 5.46. The number of hydrazone groups is 1. The summed E-state index contributed by atoms with van der Waals surface area (Å²) in [6.07, 6.45) is -4.75. The molecular formula is C15H10F3N5O. The van der Waals surface area contributed by atoms with Gasteiger partial charge in [0, 0.05) is 0 Å². The summed E-state index contributed by atoms with van der Waals surface area (Å²) < 4.78 is 39.9. The third-order valence-electron chi connectivity index (χ3n) is 2.50. The number of nitriles is 1. The van der Waals surface area contributed by atoms with Crippen LogP contribution in [-0.4, -0.2) is 12.2 Å². The van der Waals surface area contributed by atoms with Crippen LogP contribution in [0.1, 0.15) is 0 Å². The van der Waals surface area contributed by atoms with Crippen molar-refractivity contribution in [2.75, 3.05) is 5.43 Å². The van der Waals surface area contributed by atoms with Crippen molar-refractivity contribution in [2.24, 2.45) is 15.3 Å². The van der Waals surface area contributed by atoms with Gasteiger partial charge >= 0.3 is 6.36 Å². The second-order valence-corrected chi connectivity index (χ2v) is 4.27. The molecule has 9 heteroatoms. The molecule has 0 heterocycles. The average Bonchev–Trinajstić information content (AvgIpc) is 2.56. The summed E-state index contributed by atoms with van der Waals surface area (Å²) in [5.74, 6) is -0.601. The van der Waals surface area contributed by atoms with Crippen LogP contribution in [-0.2, 0) is 0 Å². The maximum absolute atomic E-state index is 12.0. The number of azo groups is 1. The molecule has 0 atom stereocenters. The van der Waals surface area contributed by atoms with Crippen LogP contribution in [0, 0.1) is 11.3 Å². The molecule has 24 heavy (non-hydrogen) atoms. The summed E-state index contributed by atoms with van der Waals surface area (Å²) in [5, 5.41) is 20.2. The minimum absolute atomic E-state index is 0.241. The van der Waals surface area contributed by atoms with Gasteiger partial charge in [0.15, 0.2) is 0 Å². The summed E-state index contributed by atoms with van der Waals surface area (Å²) in [6.45, 7) is 0. The maximum atomic E-state index is 12.0. The summed E-state index contributed by atoms with van der Waals surface area (Å²) in [4.78, 5) is 0. The second-order valence-electron chi connectivity index (χ2n) is 4.27. The molecule has 0 saturated heterocycles. The van der Waals surface area contributed by atoms with E-state index >= 15 is 0 Å². The highest BCUT2D eigenvalue weighted by molar-refractivity contribution is 5.97. The number of hydrogen-bond acceptors (Lipinski definition) is 5. The van der Waals surface area contributed by atoms with E-state index in [1.807, 2.05) is 6.07 Å². The number of nitrogens with one attached hydrogen (secondary N) is 1.